The summed E-state index contributed by atoms with van der Waals surface area (Å²) in [5, 5.41) is 12.5. The molecule has 0 spiro atoms. The summed E-state index contributed by atoms with van der Waals surface area (Å²) in [5.74, 6) is -0.0153. The number of hydrogen-bond acceptors (Lipinski definition) is 5. The fourth-order valence-electron chi connectivity index (χ4n) is 4.55. The van der Waals surface area contributed by atoms with Gasteiger partial charge in [0, 0.05) is 38.6 Å². The minimum atomic E-state index is -0.437. The largest absolute Gasteiger partial charge is 0.396 e. The van der Waals surface area contributed by atoms with E-state index in [1.807, 2.05) is 26.3 Å². The third kappa shape index (κ3) is 5.30. The van der Waals surface area contributed by atoms with Crippen molar-refractivity contribution in [2.75, 3.05) is 37.0 Å². The normalized spacial score (nSPS) is 16.1. The van der Waals surface area contributed by atoms with Gasteiger partial charge in [0.1, 0.15) is 0 Å². The van der Waals surface area contributed by atoms with Crippen LogP contribution in [0.2, 0.25) is 0 Å². The van der Waals surface area contributed by atoms with Crippen LogP contribution >= 0.6 is 0 Å². The molecule has 6 heteroatoms. The van der Waals surface area contributed by atoms with Crippen LogP contribution in [0.1, 0.15) is 55.5 Å². The summed E-state index contributed by atoms with van der Waals surface area (Å²) < 4.78 is 0. The molecule has 1 amide bonds. The molecule has 1 fully saturated rings. The van der Waals surface area contributed by atoms with Gasteiger partial charge in [-0.2, -0.15) is 0 Å². The van der Waals surface area contributed by atoms with Crippen LogP contribution in [0.5, 0.6) is 0 Å². The number of aryl methyl sites for hydroxylation is 1. The number of nitrogens with two attached hydrogens (primary N) is 1. The highest BCUT2D eigenvalue weighted by Gasteiger charge is 2.27. The van der Waals surface area contributed by atoms with Gasteiger partial charge >= 0.3 is 0 Å². The molecule has 1 saturated heterocycles. The topological polar surface area (TPSA) is 90.9 Å². The Morgan fingerprint density at radius 2 is 2.12 bits per heavy atom. The molecule has 0 radical (unpaired) electrons. The van der Waals surface area contributed by atoms with E-state index in [0.29, 0.717) is 11.5 Å². The van der Waals surface area contributed by atoms with E-state index in [1.165, 1.54) is 5.56 Å². The summed E-state index contributed by atoms with van der Waals surface area (Å²) in [5.41, 5.74) is 12.2. The van der Waals surface area contributed by atoms with Crippen LogP contribution in [-0.4, -0.2) is 44.0 Å². The average molecular weight is 437 g/mol. The molecule has 4 N–H and O–H groups in total. The number of aliphatic imine (C=N–C) groups is 1. The zero-order chi connectivity index (χ0) is 23.1. The van der Waals surface area contributed by atoms with Gasteiger partial charge in [-0.3, -0.25) is 9.79 Å². The van der Waals surface area contributed by atoms with Gasteiger partial charge in [-0.15, -0.1) is 0 Å². The van der Waals surface area contributed by atoms with Crippen molar-refractivity contribution in [1.82, 2.24) is 0 Å². The number of nitrogens with one attached hydrogen (secondary N) is 1. The Balaban J connectivity index is 2.07. The van der Waals surface area contributed by atoms with E-state index < -0.39 is 5.91 Å². The van der Waals surface area contributed by atoms with Crippen molar-refractivity contribution in [2.24, 2.45) is 16.6 Å². The number of primary amides is 1. The average Bonchev–Trinajstić information content (AvgIpc) is 3.26. The summed E-state index contributed by atoms with van der Waals surface area (Å²) in [4.78, 5) is 19.2. The van der Waals surface area contributed by atoms with Crippen molar-refractivity contribution in [1.29, 1.82) is 0 Å². The summed E-state index contributed by atoms with van der Waals surface area (Å²) >= 11 is 0. The summed E-state index contributed by atoms with van der Waals surface area (Å²) in [6, 6.07) is 10.5. The minimum Gasteiger partial charge on any atom is -0.396 e. The lowest BCUT2D eigenvalue weighted by Gasteiger charge is -2.24. The van der Waals surface area contributed by atoms with Crippen molar-refractivity contribution in [2.45, 2.75) is 46.0 Å². The van der Waals surface area contributed by atoms with E-state index in [4.69, 9.17) is 5.73 Å². The third-order valence-electron chi connectivity index (χ3n) is 6.28. The van der Waals surface area contributed by atoms with E-state index in [-0.39, 0.29) is 6.61 Å². The van der Waals surface area contributed by atoms with Crippen molar-refractivity contribution in [3.05, 3.63) is 41.5 Å². The lowest BCUT2D eigenvalue weighted by atomic mass is 9.96. The van der Waals surface area contributed by atoms with Gasteiger partial charge in [-0.05, 0) is 73.4 Å². The molecule has 1 atom stereocenters. The van der Waals surface area contributed by atoms with Gasteiger partial charge in [0.2, 0.25) is 0 Å². The zero-order valence-corrected chi connectivity index (χ0v) is 19.5. The molecule has 1 aliphatic rings. The minimum absolute atomic E-state index is 0.189. The maximum atomic E-state index is 12.4. The third-order valence-corrected chi connectivity index (χ3v) is 6.28. The predicted molar refractivity (Wildman–Crippen MR) is 134 cm³/mol. The number of benzene rings is 2. The quantitative estimate of drug-likeness (QED) is 0.468. The van der Waals surface area contributed by atoms with Gasteiger partial charge < -0.3 is 21.1 Å². The standard InChI is InChI=1S/C26H36N4O2/c1-4-6-7-19-8-9-20(14-22(19)29-5-2)21-15-23(28-3)25(26(27)32)24(16-21)30-12-10-18(17-30)11-13-31/h5,8-9,14-16,18,28,31H,4,6-7,10-13,17H2,1-3H3,(H2,27,32)/b29-5-. The van der Waals surface area contributed by atoms with Gasteiger partial charge in [0.15, 0.2) is 0 Å². The predicted octanol–water partition coefficient (Wildman–Crippen LogP) is 4.77. The Bertz CT molecular complexity index is 971. The number of hydrogen-bond donors (Lipinski definition) is 3. The lowest BCUT2D eigenvalue weighted by Crippen LogP contribution is -2.25. The maximum absolute atomic E-state index is 12.4. The molecule has 6 nitrogen and oxygen atoms in total. The van der Waals surface area contributed by atoms with Crippen LogP contribution < -0.4 is 16.0 Å². The van der Waals surface area contributed by atoms with E-state index in [2.05, 4.69) is 46.4 Å². The van der Waals surface area contributed by atoms with Crippen LogP contribution in [0.3, 0.4) is 0 Å². The Morgan fingerprint density at radius 3 is 2.78 bits per heavy atom. The molecule has 0 aromatic heterocycles. The second-order valence-corrected chi connectivity index (χ2v) is 8.48. The van der Waals surface area contributed by atoms with Crippen molar-refractivity contribution in [3.63, 3.8) is 0 Å². The Morgan fingerprint density at radius 1 is 1.31 bits per heavy atom. The SMILES string of the molecule is C/C=N\c1cc(-c2cc(NC)c(C(N)=O)c(N3CCC(CCO)C3)c2)ccc1CCCC. The number of carbonyl (C=O) groups excluding carboxylic acids is 1. The highest BCUT2D eigenvalue weighted by molar-refractivity contribution is 6.05. The highest BCUT2D eigenvalue weighted by atomic mass is 16.3. The molecule has 1 heterocycles. The fraction of sp³-hybridized carbons (Fsp3) is 0.462. The first kappa shape index (κ1) is 23.8. The Hall–Kier alpha value is -2.86. The lowest BCUT2D eigenvalue weighted by molar-refractivity contribution is 0.100. The number of carbonyl (C=O) groups is 1. The molecule has 2 aromatic carbocycles. The van der Waals surface area contributed by atoms with Crippen LogP contribution in [0, 0.1) is 5.92 Å². The molecule has 172 valence electrons. The van der Waals surface area contributed by atoms with Gasteiger partial charge in [-0.25, -0.2) is 0 Å². The fourth-order valence-corrected chi connectivity index (χ4v) is 4.55. The van der Waals surface area contributed by atoms with E-state index in [0.717, 1.165) is 73.4 Å². The first-order valence-corrected chi connectivity index (χ1v) is 11.7. The highest BCUT2D eigenvalue weighted by Crippen LogP contribution is 2.38. The van der Waals surface area contributed by atoms with Crippen LogP contribution in [0.25, 0.3) is 11.1 Å². The first-order valence-electron chi connectivity index (χ1n) is 11.7. The maximum Gasteiger partial charge on any atom is 0.252 e. The number of aliphatic hydroxyl groups is 1. The monoisotopic (exact) mass is 436 g/mol. The molecule has 1 unspecified atom stereocenters. The van der Waals surface area contributed by atoms with Gasteiger partial charge in [0.25, 0.3) is 5.91 Å². The number of nitrogens with zero attached hydrogens (tertiary/aromatic N) is 2. The number of amides is 1. The summed E-state index contributed by atoms with van der Waals surface area (Å²) in [7, 11) is 1.81. The second-order valence-electron chi connectivity index (χ2n) is 8.48. The van der Waals surface area contributed by atoms with E-state index in [1.54, 1.807) is 0 Å². The Kier molecular flexibility index (Phi) is 8.28. The number of anilines is 2. The van der Waals surface area contributed by atoms with Gasteiger partial charge in [0.05, 0.1) is 16.9 Å². The van der Waals surface area contributed by atoms with Crippen LogP contribution in [-0.2, 0) is 6.42 Å². The van der Waals surface area contributed by atoms with Crippen LogP contribution in [0.15, 0.2) is 35.3 Å². The molecule has 0 bridgehead atoms. The van der Waals surface area contributed by atoms with E-state index >= 15 is 0 Å². The second kappa shape index (κ2) is 11.1. The molecule has 0 aliphatic carbocycles. The molecule has 3 rings (SSSR count). The number of aliphatic hydroxyl groups excluding tert-OH is 1. The molecule has 32 heavy (non-hydrogen) atoms. The summed E-state index contributed by atoms with van der Waals surface area (Å²) in [6.07, 6.45) is 6.90. The molecular formula is C26H36N4O2. The number of rotatable bonds is 10. The molecular weight excluding hydrogens is 400 g/mol. The van der Waals surface area contributed by atoms with Crippen molar-refractivity contribution in [3.8, 4) is 11.1 Å². The molecule has 1 aliphatic heterocycles. The van der Waals surface area contributed by atoms with Crippen molar-refractivity contribution < 1.29 is 9.90 Å². The zero-order valence-electron chi connectivity index (χ0n) is 19.5. The molecule has 2 aromatic rings. The van der Waals surface area contributed by atoms with Crippen LogP contribution in [0.4, 0.5) is 17.1 Å². The summed E-state index contributed by atoms with van der Waals surface area (Å²) in [6.45, 7) is 5.98. The van der Waals surface area contributed by atoms with Gasteiger partial charge in [-0.1, -0.05) is 25.5 Å². The number of unbranched alkanes of at least 4 members (excludes halogenated alkanes) is 1. The smallest absolute Gasteiger partial charge is 0.252 e. The molecule has 0 saturated carbocycles. The van der Waals surface area contributed by atoms with Crippen molar-refractivity contribution >= 4 is 29.2 Å². The first-order chi connectivity index (χ1) is 15.5. The Labute approximate surface area is 191 Å². The van der Waals surface area contributed by atoms with E-state index in [9.17, 15) is 9.90 Å².